The molecule has 21 heavy (non-hydrogen) atoms. The Bertz CT molecular complexity index is 653. The van der Waals surface area contributed by atoms with Crippen molar-refractivity contribution in [3.05, 3.63) is 34.2 Å². The number of rotatable bonds is 4. The molecule has 0 bridgehead atoms. The quantitative estimate of drug-likeness (QED) is 0.810. The minimum atomic E-state index is -0.152. The zero-order chi connectivity index (χ0) is 14.8. The van der Waals surface area contributed by atoms with Crippen molar-refractivity contribution < 1.29 is 4.74 Å². The van der Waals surface area contributed by atoms with Crippen molar-refractivity contribution in [3.8, 4) is 0 Å². The summed E-state index contributed by atoms with van der Waals surface area (Å²) in [7, 11) is 1.80. The van der Waals surface area contributed by atoms with Crippen LogP contribution in [0.1, 0.15) is 44.2 Å². The fraction of sp³-hybridized carbons (Fsp3) is 0.562. The van der Waals surface area contributed by atoms with Crippen LogP contribution in [-0.4, -0.2) is 29.2 Å². The largest absolute Gasteiger partial charge is 0.381 e. The lowest BCUT2D eigenvalue weighted by molar-refractivity contribution is 0.0614. The van der Waals surface area contributed by atoms with Gasteiger partial charge in [-0.2, -0.15) is 0 Å². The predicted molar refractivity (Wildman–Crippen MR) is 83.5 cm³/mol. The third kappa shape index (κ3) is 3.19. The van der Waals surface area contributed by atoms with Crippen LogP contribution in [0.25, 0.3) is 11.0 Å². The second-order valence-corrected chi connectivity index (χ2v) is 5.98. The fourth-order valence-corrected chi connectivity index (χ4v) is 3.23. The van der Waals surface area contributed by atoms with E-state index in [1.54, 1.807) is 7.11 Å². The summed E-state index contributed by atoms with van der Waals surface area (Å²) in [4.78, 5) is 16.9. The molecule has 5 heteroatoms. The van der Waals surface area contributed by atoms with Crippen molar-refractivity contribution in [2.24, 2.45) is 0 Å². The van der Waals surface area contributed by atoms with Crippen molar-refractivity contribution >= 4 is 11.0 Å². The molecule has 0 saturated heterocycles. The summed E-state index contributed by atoms with van der Waals surface area (Å²) < 4.78 is 5.41. The lowest BCUT2D eigenvalue weighted by atomic mass is 9.92. The van der Waals surface area contributed by atoms with Crippen LogP contribution in [0.3, 0.4) is 0 Å². The van der Waals surface area contributed by atoms with Gasteiger partial charge in [-0.15, -0.1) is 0 Å². The maximum absolute atomic E-state index is 11.3. The molecule has 1 saturated carbocycles. The van der Waals surface area contributed by atoms with Gasteiger partial charge in [-0.05, 0) is 50.3 Å². The lowest BCUT2D eigenvalue weighted by Gasteiger charge is -2.30. The lowest BCUT2D eigenvalue weighted by Crippen LogP contribution is -2.36. The first kappa shape index (κ1) is 14.4. The number of H-pyrrole nitrogens is 2. The van der Waals surface area contributed by atoms with Gasteiger partial charge in [0.15, 0.2) is 0 Å². The summed E-state index contributed by atoms with van der Waals surface area (Å²) >= 11 is 0. The normalized spacial score (nSPS) is 24.3. The first-order valence-corrected chi connectivity index (χ1v) is 7.66. The van der Waals surface area contributed by atoms with Crippen molar-refractivity contribution in [3.63, 3.8) is 0 Å². The highest BCUT2D eigenvalue weighted by Crippen LogP contribution is 2.24. The summed E-state index contributed by atoms with van der Waals surface area (Å²) in [5.74, 6) is 0. The van der Waals surface area contributed by atoms with Gasteiger partial charge in [0.2, 0.25) is 0 Å². The summed E-state index contributed by atoms with van der Waals surface area (Å²) in [6, 6.07) is 6.91. The van der Waals surface area contributed by atoms with Gasteiger partial charge in [0.25, 0.3) is 0 Å². The van der Waals surface area contributed by atoms with E-state index >= 15 is 0 Å². The van der Waals surface area contributed by atoms with E-state index in [2.05, 4.69) is 28.3 Å². The Hall–Kier alpha value is -1.59. The Morgan fingerprint density at radius 1 is 1.19 bits per heavy atom. The third-order valence-electron chi connectivity index (χ3n) is 4.53. The van der Waals surface area contributed by atoms with Gasteiger partial charge in [0, 0.05) is 19.2 Å². The first-order valence-electron chi connectivity index (χ1n) is 7.66. The zero-order valence-corrected chi connectivity index (χ0v) is 12.6. The van der Waals surface area contributed by atoms with E-state index in [1.165, 1.54) is 5.56 Å². The van der Waals surface area contributed by atoms with E-state index in [1.807, 2.05) is 12.1 Å². The van der Waals surface area contributed by atoms with Crippen LogP contribution in [0.15, 0.2) is 23.0 Å². The second kappa shape index (κ2) is 6.03. The molecular weight excluding hydrogens is 266 g/mol. The summed E-state index contributed by atoms with van der Waals surface area (Å²) in [5, 5.41) is 3.69. The summed E-state index contributed by atoms with van der Waals surface area (Å²) in [5.41, 5.74) is 2.78. The predicted octanol–water partition coefficient (Wildman–Crippen LogP) is 2.46. The number of aromatic nitrogens is 2. The van der Waals surface area contributed by atoms with E-state index in [9.17, 15) is 4.79 Å². The molecule has 1 aliphatic rings. The molecule has 1 aliphatic carbocycles. The molecule has 1 heterocycles. The van der Waals surface area contributed by atoms with E-state index in [4.69, 9.17) is 4.74 Å². The number of benzene rings is 1. The van der Waals surface area contributed by atoms with E-state index in [0.717, 1.165) is 36.7 Å². The van der Waals surface area contributed by atoms with Crippen molar-refractivity contribution in [2.75, 3.05) is 7.11 Å². The van der Waals surface area contributed by atoms with E-state index in [0.29, 0.717) is 12.1 Å². The maximum atomic E-state index is 11.3. The Labute approximate surface area is 124 Å². The van der Waals surface area contributed by atoms with Gasteiger partial charge in [-0.3, -0.25) is 0 Å². The number of nitrogens with one attached hydrogen (secondary N) is 3. The fourth-order valence-electron chi connectivity index (χ4n) is 3.23. The molecule has 0 radical (unpaired) electrons. The van der Waals surface area contributed by atoms with Crippen LogP contribution in [-0.2, 0) is 4.74 Å². The third-order valence-corrected chi connectivity index (χ3v) is 4.53. The highest BCUT2D eigenvalue weighted by molar-refractivity contribution is 5.75. The molecule has 1 aromatic carbocycles. The molecule has 1 fully saturated rings. The molecule has 0 amide bonds. The number of aromatic amines is 2. The minimum Gasteiger partial charge on any atom is -0.381 e. The van der Waals surface area contributed by atoms with Crippen LogP contribution in [0.5, 0.6) is 0 Å². The average Bonchev–Trinajstić information content (AvgIpc) is 2.87. The van der Waals surface area contributed by atoms with Gasteiger partial charge < -0.3 is 20.0 Å². The Kier molecular flexibility index (Phi) is 4.12. The monoisotopic (exact) mass is 289 g/mol. The van der Waals surface area contributed by atoms with Crippen molar-refractivity contribution in [1.82, 2.24) is 15.3 Å². The molecule has 1 aromatic heterocycles. The highest BCUT2D eigenvalue weighted by atomic mass is 16.5. The van der Waals surface area contributed by atoms with Crippen molar-refractivity contribution in [2.45, 2.75) is 50.8 Å². The number of hydrogen-bond acceptors (Lipinski definition) is 3. The van der Waals surface area contributed by atoms with Crippen LogP contribution in [0.2, 0.25) is 0 Å². The molecule has 2 aromatic rings. The summed E-state index contributed by atoms with van der Waals surface area (Å²) in [6.45, 7) is 2.17. The van der Waals surface area contributed by atoms with Crippen LogP contribution < -0.4 is 11.0 Å². The van der Waals surface area contributed by atoms with Gasteiger partial charge in [-0.25, -0.2) is 4.79 Å². The molecule has 114 valence electrons. The standard InChI is InChI=1S/C16H23N3O2/c1-10(17-12-4-6-13(21-2)7-5-12)11-3-8-14-15(9-11)19-16(20)18-14/h3,8-10,12-13,17H,4-7H2,1-2H3,(H2,18,19,20). The topological polar surface area (TPSA) is 69.9 Å². The number of fused-ring (bicyclic) bond motifs is 1. The van der Waals surface area contributed by atoms with Crippen LogP contribution in [0.4, 0.5) is 0 Å². The average molecular weight is 289 g/mol. The maximum Gasteiger partial charge on any atom is 0.323 e. The number of imidazole rings is 1. The molecule has 5 nitrogen and oxygen atoms in total. The molecular formula is C16H23N3O2. The van der Waals surface area contributed by atoms with E-state index < -0.39 is 0 Å². The van der Waals surface area contributed by atoms with Crippen LogP contribution in [0, 0.1) is 0 Å². The van der Waals surface area contributed by atoms with Gasteiger partial charge >= 0.3 is 5.69 Å². The highest BCUT2D eigenvalue weighted by Gasteiger charge is 2.22. The summed E-state index contributed by atoms with van der Waals surface area (Å²) in [6.07, 6.45) is 5.01. The number of hydrogen-bond donors (Lipinski definition) is 3. The second-order valence-electron chi connectivity index (χ2n) is 5.98. The number of ether oxygens (including phenoxy) is 1. The molecule has 0 aliphatic heterocycles. The Balaban J connectivity index is 1.66. The van der Waals surface area contributed by atoms with E-state index in [-0.39, 0.29) is 11.7 Å². The molecule has 0 spiro atoms. The Morgan fingerprint density at radius 2 is 1.90 bits per heavy atom. The molecule has 3 N–H and O–H groups in total. The van der Waals surface area contributed by atoms with Crippen molar-refractivity contribution in [1.29, 1.82) is 0 Å². The Morgan fingerprint density at radius 3 is 2.62 bits per heavy atom. The smallest absolute Gasteiger partial charge is 0.323 e. The molecule has 3 rings (SSSR count). The number of methoxy groups -OCH3 is 1. The minimum absolute atomic E-state index is 0.152. The van der Waals surface area contributed by atoms with Gasteiger partial charge in [-0.1, -0.05) is 6.07 Å². The molecule has 1 atom stereocenters. The van der Waals surface area contributed by atoms with Crippen LogP contribution >= 0.6 is 0 Å². The molecule has 1 unspecified atom stereocenters. The van der Waals surface area contributed by atoms with Gasteiger partial charge in [0.05, 0.1) is 17.1 Å². The SMILES string of the molecule is COC1CCC(NC(C)c2ccc3[nH]c(=O)[nH]c3c2)CC1. The first-order chi connectivity index (χ1) is 10.2. The van der Waals surface area contributed by atoms with Gasteiger partial charge in [0.1, 0.15) is 0 Å². The zero-order valence-electron chi connectivity index (χ0n) is 12.6.